The van der Waals surface area contributed by atoms with Gasteiger partial charge < -0.3 is 15.2 Å². The topological polar surface area (TPSA) is 58.6 Å². The number of fused-ring (bicyclic) bond motifs is 3. The summed E-state index contributed by atoms with van der Waals surface area (Å²) in [4.78, 5) is 12.5. The van der Waals surface area contributed by atoms with Crippen molar-refractivity contribution in [2.24, 2.45) is 0 Å². The molecular formula is C26H27NO3. The molecule has 0 aliphatic heterocycles. The highest BCUT2D eigenvalue weighted by atomic mass is 16.5. The number of carbonyl (C=O) groups is 1. The fourth-order valence-electron chi connectivity index (χ4n) is 4.18. The van der Waals surface area contributed by atoms with E-state index in [4.69, 9.17) is 4.74 Å². The minimum absolute atomic E-state index is 0.0236. The molecule has 3 aromatic rings. The number of ether oxygens (including phenoxy) is 1. The molecule has 30 heavy (non-hydrogen) atoms. The highest BCUT2D eigenvalue weighted by Crippen LogP contribution is 2.44. The van der Waals surface area contributed by atoms with E-state index in [1.807, 2.05) is 30.3 Å². The molecule has 2 N–H and O–H groups in total. The van der Waals surface area contributed by atoms with Gasteiger partial charge in [-0.05, 0) is 59.2 Å². The Balaban J connectivity index is 1.40. The zero-order valence-electron chi connectivity index (χ0n) is 17.4. The average Bonchev–Trinajstić information content (AvgIpc) is 3.08. The Labute approximate surface area is 177 Å². The van der Waals surface area contributed by atoms with Crippen LogP contribution in [0.25, 0.3) is 11.1 Å². The zero-order valence-corrected chi connectivity index (χ0v) is 17.4. The number of hydrogen-bond donors (Lipinski definition) is 2. The maximum absolute atomic E-state index is 12.5. The van der Waals surface area contributed by atoms with Crippen molar-refractivity contribution >= 4 is 6.09 Å². The van der Waals surface area contributed by atoms with Crippen LogP contribution in [-0.2, 0) is 11.2 Å². The van der Waals surface area contributed by atoms with Crippen molar-refractivity contribution in [3.05, 3.63) is 94.5 Å². The second-order valence-electron chi connectivity index (χ2n) is 7.97. The van der Waals surface area contributed by atoms with Crippen molar-refractivity contribution in [1.29, 1.82) is 0 Å². The predicted molar refractivity (Wildman–Crippen MR) is 119 cm³/mol. The summed E-state index contributed by atoms with van der Waals surface area (Å²) in [7, 11) is 0. The third kappa shape index (κ3) is 4.10. The Bertz CT molecular complexity index is 1010. The molecule has 4 heteroatoms. The van der Waals surface area contributed by atoms with Crippen LogP contribution in [0.2, 0.25) is 0 Å². The number of benzene rings is 3. The van der Waals surface area contributed by atoms with Crippen LogP contribution >= 0.6 is 0 Å². The van der Waals surface area contributed by atoms with Crippen molar-refractivity contribution in [2.75, 3.05) is 13.2 Å². The zero-order chi connectivity index (χ0) is 21.1. The first-order chi connectivity index (χ1) is 14.6. The lowest BCUT2D eigenvalue weighted by molar-refractivity contribution is 0.132. The highest BCUT2D eigenvalue weighted by molar-refractivity contribution is 5.79. The van der Waals surface area contributed by atoms with Crippen molar-refractivity contribution < 1.29 is 14.6 Å². The fraction of sp³-hybridized carbons (Fsp3) is 0.269. The summed E-state index contributed by atoms with van der Waals surface area (Å²) in [6.45, 7) is 4.25. The molecule has 1 unspecified atom stereocenters. The molecule has 1 aliphatic rings. The third-order valence-electron chi connectivity index (χ3n) is 5.94. The van der Waals surface area contributed by atoms with E-state index in [-0.39, 0.29) is 25.2 Å². The number of nitrogens with one attached hydrogen (secondary N) is 1. The molecule has 1 aliphatic carbocycles. The minimum atomic E-state index is -0.500. The molecule has 1 atom stereocenters. The van der Waals surface area contributed by atoms with Gasteiger partial charge in [0.1, 0.15) is 6.61 Å². The third-order valence-corrected chi connectivity index (χ3v) is 5.94. The second-order valence-corrected chi connectivity index (χ2v) is 7.97. The summed E-state index contributed by atoms with van der Waals surface area (Å²) in [5, 5.41) is 12.5. The lowest BCUT2D eigenvalue weighted by Crippen LogP contribution is -2.39. The molecular weight excluding hydrogens is 374 g/mol. The molecule has 0 saturated carbocycles. The number of aliphatic hydroxyl groups excluding tert-OH is 1. The van der Waals surface area contributed by atoms with E-state index < -0.39 is 6.09 Å². The molecule has 4 rings (SSSR count). The molecule has 0 fully saturated rings. The van der Waals surface area contributed by atoms with E-state index in [0.717, 1.165) is 5.56 Å². The van der Waals surface area contributed by atoms with Crippen molar-refractivity contribution in [3.63, 3.8) is 0 Å². The molecule has 0 saturated heterocycles. The van der Waals surface area contributed by atoms with Crippen LogP contribution < -0.4 is 5.32 Å². The molecule has 0 bridgehead atoms. The molecule has 3 aromatic carbocycles. The number of rotatable bonds is 6. The summed E-state index contributed by atoms with van der Waals surface area (Å²) < 4.78 is 5.59. The van der Waals surface area contributed by atoms with E-state index >= 15 is 0 Å². The maximum Gasteiger partial charge on any atom is 0.407 e. The van der Waals surface area contributed by atoms with Gasteiger partial charge in [0.05, 0.1) is 12.6 Å². The monoisotopic (exact) mass is 401 g/mol. The SMILES string of the molecule is Cc1ccc(CC(CO)NC(=O)OCC2c3ccccc3-c3ccccc32)cc1C. The van der Waals surface area contributed by atoms with Gasteiger partial charge in [0.15, 0.2) is 0 Å². The first kappa shape index (κ1) is 20.2. The average molecular weight is 402 g/mol. The van der Waals surface area contributed by atoms with Gasteiger partial charge in [0.2, 0.25) is 0 Å². The molecule has 1 amide bonds. The quantitative estimate of drug-likeness (QED) is 0.627. The van der Waals surface area contributed by atoms with Gasteiger partial charge in [-0.1, -0.05) is 66.7 Å². The lowest BCUT2D eigenvalue weighted by Gasteiger charge is -2.19. The fourth-order valence-corrected chi connectivity index (χ4v) is 4.18. The van der Waals surface area contributed by atoms with Crippen LogP contribution in [0.5, 0.6) is 0 Å². The van der Waals surface area contributed by atoms with Crippen LogP contribution in [0.3, 0.4) is 0 Å². The van der Waals surface area contributed by atoms with Gasteiger partial charge in [0, 0.05) is 5.92 Å². The summed E-state index contributed by atoms with van der Waals surface area (Å²) in [6, 6.07) is 22.3. The summed E-state index contributed by atoms with van der Waals surface area (Å²) in [5.41, 5.74) is 8.26. The molecule has 0 heterocycles. The molecule has 0 aromatic heterocycles. The van der Waals surface area contributed by atoms with Gasteiger partial charge in [-0.15, -0.1) is 0 Å². The van der Waals surface area contributed by atoms with Crippen LogP contribution in [0.1, 0.15) is 33.7 Å². The minimum Gasteiger partial charge on any atom is -0.449 e. The van der Waals surface area contributed by atoms with Gasteiger partial charge in [-0.25, -0.2) is 4.79 Å². The summed E-state index contributed by atoms with van der Waals surface area (Å²) >= 11 is 0. The Morgan fingerprint density at radius 1 is 0.967 bits per heavy atom. The normalized spacial score (nSPS) is 13.4. The second kappa shape index (κ2) is 8.72. The molecule has 0 radical (unpaired) electrons. The Kier molecular flexibility index (Phi) is 5.86. The number of amides is 1. The van der Waals surface area contributed by atoms with Gasteiger partial charge in [-0.3, -0.25) is 0 Å². The van der Waals surface area contributed by atoms with E-state index in [1.54, 1.807) is 0 Å². The first-order valence-corrected chi connectivity index (χ1v) is 10.4. The summed E-state index contributed by atoms with van der Waals surface area (Å²) in [6.07, 6.45) is 0.0571. The highest BCUT2D eigenvalue weighted by Gasteiger charge is 2.29. The summed E-state index contributed by atoms with van der Waals surface area (Å²) in [5.74, 6) is 0.0236. The first-order valence-electron chi connectivity index (χ1n) is 10.4. The maximum atomic E-state index is 12.5. The van der Waals surface area contributed by atoms with Crippen LogP contribution in [0, 0.1) is 13.8 Å². The number of alkyl carbamates (subject to hydrolysis) is 1. The van der Waals surface area contributed by atoms with E-state index in [9.17, 15) is 9.90 Å². The number of aryl methyl sites for hydroxylation is 2. The smallest absolute Gasteiger partial charge is 0.407 e. The Morgan fingerprint density at radius 2 is 1.60 bits per heavy atom. The van der Waals surface area contributed by atoms with E-state index in [1.165, 1.54) is 33.4 Å². The lowest BCUT2D eigenvalue weighted by atomic mass is 9.98. The predicted octanol–water partition coefficient (Wildman–Crippen LogP) is 4.75. The number of hydrogen-bond acceptors (Lipinski definition) is 3. The standard InChI is InChI=1S/C26H27NO3/c1-17-11-12-19(13-18(17)2)14-20(15-28)27-26(29)30-16-25-23-9-5-3-7-21(23)22-8-4-6-10-24(22)25/h3-13,20,25,28H,14-16H2,1-2H3,(H,27,29). The number of aliphatic hydroxyl groups is 1. The van der Waals surface area contributed by atoms with E-state index in [0.29, 0.717) is 6.42 Å². The number of carbonyl (C=O) groups excluding carboxylic acids is 1. The van der Waals surface area contributed by atoms with Crippen molar-refractivity contribution in [1.82, 2.24) is 5.32 Å². The molecule has 154 valence electrons. The van der Waals surface area contributed by atoms with Gasteiger partial charge in [-0.2, -0.15) is 0 Å². The van der Waals surface area contributed by atoms with Crippen LogP contribution in [0.15, 0.2) is 66.7 Å². The van der Waals surface area contributed by atoms with Gasteiger partial charge >= 0.3 is 6.09 Å². The van der Waals surface area contributed by atoms with Crippen molar-refractivity contribution in [3.8, 4) is 11.1 Å². The van der Waals surface area contributed by atoms with Gasteiger partial charge in [0.25, 0.3) is 0 Å². The molecule has 0 spiro atoms. The van der Waals surface area contributed by atoms with Crippen molar-refractivity contribution in [2.45, 2.75) is 32.2 Å². The molecule has 4 nitrogen and oxygen atoms in total. The Hall–Kier alpha value is -3.11. The van der Waals surface area contributed by atoms with Crippen LogP contribution in [-0.4, -0.2) is 30.5 Å². The van der Waals surface area contributed by atoms with Crippen LogP contribution in [0.4, 0.5) is 4.79 Å². The van der Waals surface area contributed by atoms with E-state index in [2.05, 4.69) is 55.6 Å². The largest absolute Gasteiger partial charge is 0.449 e. The Morgan fingerprint density at radius 3 is 2.20 bits per heavy atom.